The summed E-state index contributed by atoms with van der Waals surface area (Å²) in [4.78, 5) is 0. The van der Waals surface area contributed by atoms with Gasteiger partial charge in [0.15, 0.2) is 0 Å². The van der Waals surface area contributed by atoms with Gasteiger partial charge in [0.1, 0.15) is 0 Å². The van der Waals surface area contributed by atoms with Crippen molar-refractivity contribution >= 4 is 10.1 Å². The van der Waals surface area contributed by atoms with Crippen molar-refractivity contribution in [2.24, 2.45) is 0 Å². The molecule has 0 radical (unpaired) electrons. The Hall–Kier alpha value is -0.130. The molecule has 0 aliphatic carbocycles. The summed E-state index contributed by atoms with van der Waals surface area (Å²) in [5.74, 6) is -0.304. The number of hydrogen-bond donors (Lipinski definition) is 1. The van der Waals surface area contributed by atoms with E-state index in [0.29, 0.717) is 0 Å². The van der Waals surface area contributed by atoms with Gasteiger partial charge in [-0.3, -0.25) is 0 Å². The molecule has 0 atom stereocenters. The lowest BCUT2D eigenvalue weighted by Crippen LogP contribution is -2.23. The van der Waals surface area contributed by atoms with Crippen LogP contribution in [0.2, 0.25) is 0 Å². The van der Waals surface area contributed by atoms with Gasteiger partial charge in [0.25, 0.3) is 0 Å². The Bertz CT molecular complexity index is 214. The Morgan fingerprint density at radius 2 is 1.71 bits per heavy atom. The zero-order valence-electron chi connectivity index (χ0n) is 8.79. The van der Waals surface area contributed by atoms with Crippen LogP contribution in [0.15, 0.2) is 0 Å². The standard InChI is InChI=1S/C9H21NO3S/c1-2-3-4-5-6-7-10-8-9-14(11,12)13/h10H,2-9H2,1H3,(H,11,12,13)/p-1. The van der Waals surface area contributed by atoms with Crippen molar-refractivity contribution in [3.05, 3.63) is 0 Å². The molecule has 0 spiro atoms. The van der Waals surface area contributed by atoms with Gasteiger partial charge in [-0.1, -0.05) is 32.6 Å². The highest BCUT2D eigenvalue weighted by molar-refractivity contribution is 7.85. The SMILES string of the molecule is CCCCCCCNCCS(=O)(=O)[O-]. The minimum absolute atomic E-state index is 0.277. The Morgan fingerprint density at radius 1 is 1.07 bits per heavy atom. The molecule has 0 aliphatic rings. The van der Waals surface area contributed by atoms with Gasteiger partial charge >= 0.3 is 0 Å². The molecule has 0 aliphatic heterocycles. The number of hydrogen-bond acceptors (Lipinski definition) is 4. The van der Waals surface area contributed by atoms with Gasteiger partial charge in [-0.05, 0) is 13.0 Å². The van der Waals surface area contributed by atoms with E-state index in [9.17, 15) is 13.0 Å². The quantitative estimate of drug-likeness (QED) is 0.468. The molecule has 0 bridgehead atoms. The van der Waals surface area contributed by atoms with Crippen molar-refractivity contribution in [3.63, 3.8) is 0 Å². The van der Waals surface area contributed by atoms with E-state index in [1.54, 1.807) is 0 Å². The highest BCUT2D eigenvalue weighted by Crippen LogP contribution is 2.00. The fourth-order valence-corrected chi connectivity index (χ4v) is 1.57. The van der Waals surface area contributed by atoms with Crippen LogP contribution in [-0.2, 0) is 10.1 Å². The average molecular weight is 222 g/mol. The third kappa shape index (κ3) is 11.9. The summed E-state index contributed by atoms with van der Waals surface area (Å²) in [5.41, 5.74) is 0. The van der Waals surface area contributed by atoms with Crippen LogP contribution in [0.1, 0.15) is 39.0 Å². The minimum Gasteiger partial charge on any atom is -0.748 e. The van der Waals surface area contributed by atoms with Gasteiger partial charge in [-0.2, -0.15) is 0 Å². The Labute approximate surface area is 86.8 Å². The van der Waals surface area contributed by atoms with Crippen LogP contribution in [0.25, 0.3) is 0 Å². The van der Waals surface area contributed by atoms with E-state index >= 15 is 0 Å². The molecule has 0 aromatic carbocycles. The maximum absolute atomic E-state index is 10.2. The van der Waals surface area contributed by atoms with Gasteiger partial charge in [0.05, 0.1) is 15.9 Å². The van der Waals surface area contributed by atoms with Crippen molar-refractivity contribution in [1.29, 1.82) is 0 Å². The van der Waals surface area contributed by atoms with Crippen molar-refractivity contribution < 1.29 is 13.0 Å². The maximum Gasteiger partial charge on any atom is 0.0958 e. The first-order valence-corrected chi connectivity index (χ1v) is 6.78. The zero-order valence-corrected chi connectivity index (χ0v) is 9.61. The van der Waals surface area contributed by atoms with Crippen molar-refractivity contribution in [3.8, 4) is 0 Å². The molecule has 0 unspecified atom stereocenters. The molecule has 0 fully saturated rings. The van der Waals surface area contributed by atoms with Gasteiger partial charge in [0, 0.05) is 6.54 Å². The highest BCUT2D eigenvalue weighted by Gasteiger charge is 1.94. The molecule has 0 amide bonds. The Morgan fingerprint density at radius 3 is 2.29 bits per heavy atom. The molecule has 14 heavy (non-hydrogen) atoms. The van der Waals surface area contributed by atoms with Gasteiger partial charge in [-0.15, -0.1) is 0 Å². The molecule has 0 aromatic rings. The minimum atomic E-state index is -4.04. The average Bonchev–Trinajstić information content (AvgIpc) is 2.08. The van der Waals surface area contributed by atoms with Crippen LogP contribution in [0.4, 0.5) is 0 Å². The summed E-state index contributed by atoms with van der Waals surface area (Å²) >= 11 is 0. The monoisotopic (exact) mass is 222 g/mol. The third-order valence-corrected chi connectivity index (χ3v) is 2.69. The molecule has 86 valence electrons. The van der Waals surface area contributed by atoms with Crippen molar-refractivity contribution in [2.75, 3.05) is 18.8 Å². The van der Waals surface area contributed by atoms with E-state index in [1.807, 2.05) is 0 Å². The van der Waals surface area contributed by atoms with Crippen LogP contribution < -0.4 is 5.32 Å². The lowest BCUT2D eigenvalue weighted by molar-refractivity contribution is 0.460. The molecule has 0 saturated heterocycles. The second-order valence-corrected chi connectivity index (χ2v) is 4.95. The molecule has 0 heterocycles. The lowest BCUT2D eigenvalue weighted by Gasteiger charge is -2.07. The van der Waals surface area contributed by atoms with Gasteiger partial charge < -0.3 is 9.87 Å². The largest absolute Gasteiger partial charge is 0.748 e. The van der Waals surface area contributed by atoms with E-state index in [1.165, 1.54) is 25.7 Å². The molecule has 5 heteroatoms. The van der Waals surface area contributed by atoms with Gasteiger partial charge in [-0.25, -0.2) is 8.42 Å². The maximum atomic E-state index is 10.2. The molecule has 1 N–H and O–H groups in total. The van der Waals surface area contributed by atoms with E-state index < -0.39 is 10.1 Å². The first-order chi connectivity index (χ1) is 6.56. The lowest BCUT2D eigenvalue weighted by atomic mass is 10.1. The summed E-state index contributed by atoms with van der Waals surface area (Å²) in [7, 11) is -4.04. The van der Waals surface area contributed by atoms with Crippen molar-refractivity contribution in [1.82, 2.24) is 5.32 Å². The van der Waals surface area contributed by atoms with Crippen LogP contribution in [0, 0.1) is 0 Å². The molecule has 4 nitrogen and oxygen atoms in total. The third-order valence-electron chi connectivity index (χ3n) is 1.99. The zero-order chi connectivity index (χ0) is 10.9. The first kappa shape index (κ1) is 13.9. The van der Waals surface area contributed by atoms with Crippen LogP contribution in [0.5, 0.6) is 0 Å². The second kappa shape index (κ2) is 8.20. The predicted molar refractivity (Wildman–Crippen MR) is 56.2 cm³/mol. The molecule has 0 saturated carbocycles. The number of nitrogens with one attached hydrogen (secondary N) is 1. The van der Waals surface area contributed by atoms with E-state index in [-0.39, 0.29) is 12.3 Å². The summed E-state index contributed by atoms with van der Waals surface area (Å²) < 4.78 is 30.6. The Balaban J connectivity index is 3.07. The fraction of sp³-hybridized carbons (Fsp3) is 1.00. The first-order valence-electron chi connectivity index (χ1n) is 5.20. The van der Waals surface area contributed by atoms with E-state index in [2.05, 4.69) is 12.2 Å². The van der Waals surface area contributed by atoms with E-state index in [0.717, 1.165) is 13.0 Å². The second-order valence-electron chi connectivity index (χ2n) is 3.43. The van der Waals surface area contributed by atoms with Gasteiger partial charge in [0.2, 0.25) is 0 Å². The molecular formula is C9H20NO3S-. The summed E-state index contributed by atoms with van der Waals surface area (Å²) in [5, 5.41) is 2.94. The van der Waals surface area contributed by atoms with E-state index in [4.69, 9.17) is 0 Å². The Kier molecular flexibility index (Phi) is 8.12. The van der Waals surface area contributed by atoms with Crippen molar-refractivity contribution in [2.45, 2.75) is 39.0 Å². The molecule has 0 aromatic heterocycles. The number of rotatable bonds is 9. The van der Waals surface area contributed by atoms with Crippen LogP contribution >= 0.6 is 0 Å². The van der Waals surface area contributed by atoms with Crippen LogP contribution in [-0.4, -0.2) is 31.8 Å². The smallest absolute Gasteiger partial charge is 0.0958 e. The predicted octanol–water partition coefficient (Wildman–Crippen LogP) is 1.09. The number of unbranched alkanes of at least 4 members (excludes halogenated alkanes) is 4. The molecule has 0 rings (SSSR count). The summed E-state index contributed by atoms with van der Waals surface area (Å²) in [6, 6.07) is 0. The normalized spacial score (nSPS) is 11.9. The highest BCUT2D eigenvalue weighted by atomic mass is 32.2. The van der Waals surface area contributed by atoms with Crippen LogP contribution in [0.3, 0.4) is 0 Å². The molecular weight excluding hydrogens is 202 g/mol. The summed E-state index contributed by atoms with van der Waals surface area (Å²) in [6.07, 6.45) is 5.94. The topological polar surface area (TPSA) is 69.2 Å². The fourth-order valence-electron chi connectivity index (χ4n) is 1.18. The summed E-state index contributed by atoms with van der Waals surface area (Å²) in [6.45, 7) is 3.25.